The number of carbonyl (C=O) groups is 2. The molecule has 1 atom stereocenters. The highest BCUT2D eigenvalue weighted by Crippen LogP contribution is 2.20. The Morgan fingerprint density at radius 2 is 1.55 bits per heavy atom. The quantitative estimate of drug-likeness (QED) is 0.797. The van der Waals surface area contributed by atoms with Crippen molar-refractivity contribution in [2.75, 3.05) is 7.05 Å². The van der Waals surface area contributed by atoms with Crippen molar-refractivity contribution in [1.29, 1.82) is 0 Å². The van der Waals surface area contributed by atoms with Gasteiger partial charge in [-0.05, 0) is 5.56 Å². The fourth-order valence-electron chi connectivity index (χ4n) is 2.19. The van der Waals surface area contributed by atoms with Crippen molar-refractivity contribution < 1.29 is 14.3 Å². The van der Waals surface area contributed by atoms with Crippen molar-refractivity contribution in [3.05, 3.63) is 71.8 Å². The summed E-state index contributed by atoms with van der Waals surface area (Å²) in [6, 6.07) is 18.7. The number of likely N-dealkylation sites (N-methyl/N-ethyl adjacent to an activating group) is 1. The third-order valence-electron chi connectivity index (χ3n) is 3.25. The zero-order chi connectivity index (χ0) is 15.9. The number of hydrogen-bond donors (Lipinski definition) is 0. The molecule has 0 heterocycles. The molecule has 0 saturated heterocycles. The standard InChI is InChI=1S/C18H19NO3/c1-14(20)22-17(16-11-7-4-8-12-16)18(21)19(2)13-15-9-5-3-6-10-15/h3-12,17H,13H2,1-2H3. The van der Waals surface area contributed by atoms with Crippen LogP contribution in [-0.2, 0) is 20.9 Å². The molecule has 4 nitrogen and oxygen atoms in total. The van der Waals surface area contributed by atoms with E-state index in [1.807, 2.05) is 48.5 Å². The lowest BCUT2D eigenvalue weighted by atomic mass is 10.1. The van der Waals surface area contributed by atoms with Crippen molar-refractivity contribution >= 4 is 11.9 Å². The van der Waals surface area contributed by atoms with Crippen LogP contribution in [0.25, 0.3) is 0 Å². The summed E-state index contributed by atoms with van der Waals surface area (Å²) in [5.41, 5.74) is 1.69. The summed E-state index contributed by atoms with van der Waals surface area (Å²) in [6.45, 7) is 1.77. The van der Waals surface area contributed by atoms with Crippen LogP contribution in [0.3, 0.4) is 0 Å². The number of amides is 1. The van der Waals surface area contributed by atoms with Gasteiger partial charge in [-0.2, -0.15) is 0 Å². The van der Waals surface area contributed by atoms with Gasteiger partial charge in [0.15, 0.2) is 0 Å². The summed E-state index contributed by atoms with van der Waals surface area (Å²) in [6.07, 6.45) is -0.910. The lowest BCUT2D eigenvalue weighted by Gasteiger charge is -2.24. The summed E-state index contributed by atoms with van der Waals surface area (Å²) in [5.74, 6) is -0.722. The van der Waals surface area contributed by atoms with E-state index in [4.69, 9.17) is 4.74 Å². The molecule has 1 amide bonds. The number of hydrogen-bond acceptors (Lipinski definition) is 3. The van der Waals surface area contributed by atoms with Gasteiger partial charge in [0.25, 0.3) is 5.91 Å². The summed E-state index contributed by atoms with van der Waals surface area (Å²) in [5, 5.41) is 0. The van der Waals surface area contributed by atoms with Crippen molar-refractivity contribution in [3.8, 4) is 0 Å². The maximum Gasteiger partial charge on any atom is 0.303 e. The van der Waals surface area contributed by atoms with E-state index in [2.05, 4.69) is 0 Å². The second-order valence-electron chi connectivity index (χ2n) is 5.08. The smallest absolute Gasteiger partial charge is 0.303 e. The number of rotatable bonds is 5. The molecular formula is C18H19NO3. The monoisotopic (exact) mass is 297 g/mol. The van der Waals surface area contributed by atoms with Gasteiger partial charge in [0, 0.05) is 26.1 Å². The number of benzene rings is 2. The van der Waals surface area contributed by atoms with Gasteiger partial charge in [-0.3, -0.25) is 9.59 Å². The Morgan fingerprint density at radius 3 is 2.09 bits per heavy atom. The molecule has 0 radical (unpaired) electrons. The summed E-state index contributed by atoms with van der Waals surface area (Å²) >= 11 is 0. The predicted molar refractivity (Wildman–Crippen MR) is 83.9 cm³/mol. The molecule has 0 aliphatic carbocycles. The third kappa shape index (κ3) is 4.19. The zero-order valence-electron chi connectivity index (χ0n) is 12.7. The van der Waals surface area contributed by atoms with E-state index >= 15 is 0 Å². The van der Waals surface area contributed by atoms with Crippen LogP contribution < -0.4 is 0 Å². The van der Waals surface area contributed by atoms with Gasteiger partial charge in [-0.1, -0.05) is 60.7 Å². The fourth-order valence-corrected chi connectivity index (χ4v) is 2.19. The number of esters is 1. The second kappa shape index (κ2) is 7.41. The molecule has 2 rings (SSSR count). The zero-order valence-corrected chi connectivity index (χ0v) is 12.7. The second-order valence-corrected chi connectivity index (χ2v) is 5.08. The highest BCUT2D eigenvalue weighted by molar-refractivity contribution is 5.84. The maximum absolute atomic E-state index is 12.6. The Balaban J connectivity index is 2.16. The van der Waals surface area contributed by atoms with Gasteiger partial charge in [0.05, 0.1) is 0 Å². The first-order valence-electron chi connectivity index (χ1n) is 7.09. The van der Waals surface area contributed by atoms with Crippen molar-refractivity contribution in [2.45, 2.75) is 19.6 Å². The lowest BCUT2D eigenvalue weighted by Crippen LogP contribution is -2.33. The van der Waals surface area contributed by atoms with Crippen LogP contribution >= 0.6 is 0 Å². The SMILES string of the molecule is CC(=O)OC(C(=O)N(C)Cc1ccccc1)c1ccccc1. The molecule has 1 unspecified atom stereocenters. The minimum atomic E-state index is -0.910. The first kappa shape index (κ1) is 15.8. The molecule has 0 N–H and O–H groups in total. The molecular weight excluding hydrogens is 278 g/mol. The highest BCUT2D eigenvalue weighted by atomic mass is 16.5. The van der Waals surface area contributed by atoms with Crippen molar-refractivity contribution in [3.63, 3.8) is 0 Å². The molecule has 2 aromatic carbocycles. The fraction of sp³-hybridized carbons (Fsp3) is 0.222. The number of nitrogens with zero attached hydrogens (tertiary/aromatic N) is 1. The van der Waals surface area contributed by atoms with Crippen LogP contribution in [0.2, 0.25) is 0 Å². The molecule has 0 aromatic heterocycles. The van der Waals surface area contributed by atoms with Crippen molar-refractivity contribution in [1.82, 2.24) is 4.90 Å². The van der Waals surface area contributed by atoms with Crippen LogP contribution in [0.15, 0.2) is 60.7 Å². The first-order valence-corrected chi connectivity index (χ1v) is 7.09. The predicted octanol–water partition coefficient (Wildman–Crippen LogP) is 2.95. The molecule has 2 aromatic rings. The van der Waals surface area contributed by atoms with E-state index in [-0.39, 0.29) is 5.91 Å². The third-order valence-corrected chi connectivity index (χ3v) is 3.25. The number of carbonyl (C=O) groups excluding carboxylic acids is 2. The van der Waals surface area contributed by atoms with Gasteiger partial charge in [-0.25, -0.2) is 0 Å². The Bertz CT molecular complexity index is 625. The molecule has 0 spiro atoms. The van der Waals surface area contributed by atoms with Crippen molar-refractivity contribution in [2.24, 2.45) is 0 Å². The van der Waals surface area contributed by atoms with E-state index in [9.17, 15) is 9.59 Å². The van der Waals surface area contributed by atoms with E-state index in [0.717, 1.165) is 5.56 Å². The summed E-state index contributed by atoms with van der Waals surface area (Å²) < 4.78 is 5.23. The Labute approximate surface area is 130 Å². The average molecular weight is 297 g/mol. The topological polar surface area (TPSA) is 46.6 Å². The van der Waals surface area contributed by atoms with Crippen LogP contribution in [0.4, 0.5) is 0 Å². The molecule has 0 aliphatic rings. The van der Waals surface area contributed by atoms with Gasteiger partial charge >= 0.3 is 5.97 Å². The molecule has 0 saturated carbocycles. The van der Waals surface area contributed by atoms with E-state index in [1.54, 1.807) is 24.1 Å². The highest BCUT2D eigenvalue weighted by Gasteiger charge is 2.26. The molecule has 114 valence electrons. The normalized spacial score (nSPS) is 11.5. The minimum Gasteiger partial charge on any atom is -0.447 e. The van der Waals surface area contributed by atoms with Gasteiger partial charge in [0.1, 0.15) is 0 Å². The summed E-state index contributed by atoms with van der Waals surface area (Å²) in [7, 11) is 1.70. The Morgan fingerprint density at radius 1 is 1.00 bits per heavy atom. The average Bonchev–Trinajstić information content (AvgIpc) is 2.53. The first-order chi connectivity index (χ1) is 10.6. The Hall–Kier alpha value is -2.62. The van der Waals surface area contributed by atoms with Crippen LogP contribution in [0.1, 0.15) is 24.2 Å². The van der Waals surface area contributed by atoms with E-state index in [0.29, 0.717) is 12.1 Å². The summed E-state index contributed by atoms with van der Waals surface area (Å²) in [4.78, 5) is 25.5. The molecule has 22 heavy (non-hydrogen) atoms. The van der Waals surface area contributed by atoms with E-state index < -0.39 is 12.1 Å². The van der Waals surface area contributed by atoms with E-state index in [1.165, 1.54) is 6.92 Å². The van der Waals surface area contributed by atoms with Crippen LogP contribution in [0.5, 0.6) is 0 Å². The molecule has 0 fully saturated rings. The maximum atomic E-state index is 12.6. The lowest BCUT2D eigenvalue weighted by molar-refractivity contribution is -0.158. The van der Waals surface area contributed by atoms with Crippen LogP contribution in [0, 0.1) is 0 Å². The van der Waals surface area contributed by atoms with Gasteiger partial charge in [-0.15, -0.1) is 0 Å². The van der Waals surface area contributed by atoms with Crippen LogP contribution in [-0.4, -0.2) is 23.8 Å². The minimum absolute atomic E-state index is 0.245. The molecule has 0 bridgehead atoms. The largest absolute Gasteiger partial charge is 0.447 e. The molecule has 4 heteroatoms. The number of ether oxygens (including phenoxy) is 1. The molecule has 0 aliphatic heterocycles. The van der Waals surface area contributed by atoms with Gasteiger partial charge < -0.3 is 9.64 Å². The van der Waals surface area contributed by atoms with Gasteiger partial charge in [0.2, 0.25) is 6.10 Å². The Kier molecular flexibility index (Phi) is 5.31.